The van der Waals surface area contributed by atoms with Crippen molar-refractivity contribution in [3.05, 3.63) is 70.9 Å². The van der Waals surface area contributed by atoms with Gasteiger partial charge in [-0.25, -0.2) is 4.39 Å². The topological polar surface area (TPSA) is 104 Å². The Morgan fingerprint density at radius 3 is 2.58 bits per heavy atom. The van der Waals surface area contributed by atoms with Crippen LogP contribution in [0.15, 0.2) is 48.9 Å². The van der Waals surface area contributed by atoms with Gasteiger partial charge in [-0.15, -0.1) is 0 Å². The van der Waals surface area contributed by atoms with Crippen molar-refractivity contribution in [1.29, 1.82) is 0 Å². The second kappa shape index (κ2) is 11.7. The Hall–Kier alpha value is -3.80. The fraction of sp³-hybridized carbons (Fsp3) is 0.370. The molecule has 1 aromatic carbocycles. The first-order valence-electron chi connectivity index (χ1n) is 12.5. The van der Waals surface area contributed by atoms with E-state index in [1.807, 2.05) is 0 Å². The van der Waals surface area contributed by atoms with Gasteiger partial charge in [-0.2, -0.15) is 13.2 Å². The molecule has 0 unspecified atom stereocenters. The maximum atomic E-state index is 14.2. The van der Waals surface area contributed by atoms with Gasteiger partial charge < -0.3 is 15.5 Å². The van der Waals surface area contributed by atoms with Gasteiger partial charge in [-0.1, -0.05) is 25.4 Å². The summed E-state index contributed by atoms with van der Waals surface area (Å²) in [4.78, 5) is 48.3. The van der Waals surface area contributed by atoms with E-state index in [1.165, 1.54) is 37.1 Å². The standard InChI is InChI=1S/C27H26ClF4N5O3/c1-14(2)22(36-26(40)27(30,31)32)24(38)35-21-13-37(7-5-19(21)16-8-17(28)10-18(29)9-16)25(39)20-12-33-11-15-4-3-6-34-23(15)20/h3-4,6,8-12,14,19,21-22H,5,7,13H2,1-2H3,(H,35,38)(H,36,40)/t19-,21+,22+/m0/s1. The van der Waals surface area contributed by atoms with Crippen LogP contribution in [0.25, 0.3) is 10.9 Å². The fourth-order valence-electron chi connectivity index (χ4n) is 4.83. The van der Waals surface area contributed by atoms with Crippen molar-refractivity contribution in [1.82, 2.24) is 25.5 Å². The Bertz CT molecular complexity index is 1410. The van der Waals surface area contributed by atoms with E-state index >= 15 is 0 Å². The summed E-state index contributed by atoms with van der Waals surface area (Å²) in [6.07, 6.45) is -0.385. The molecule has 2 aromatic heterocycles. The monoisotopic (exact) mass is 579 g/mol. The second-order valence-electron chi connectivity index (χ2n) is 9.92. The van der Waals surface area contributed by atoms with Crippen LogP contribution in [0.1, 0.15) is 42.1 Å². The predicted molar refractivity (Wildman–Crippen MR) is 139 cm³/mol. The Kier molecular flexibility index (Phi) is 8.57. The van der Waals surface area contributed by atoms with Gasteiger partial charge in [-0.3, -0.25) is 24.4 Å². The van der Waals surface area contributed by atoms with E-state index < -0.39 is 53.6 Å². The van der Waals surface area contributed by atoms with E-state index in [1.54, 1.807) is 29.8 Å². The van der Waals surface area contributed by atoms with Crippen LogP contribution >= 0.6 is 11.6 Å². The molecule has 3 heterocycles. The van der Waals surface area contributed by atoms with Crippen LogP contribution in [0.4, 0.5) is 17.6 Å². The van der Waals surface area contributed by atoms with Gasteiger partial charge in [0.05, 0.1) is 17.1 Å². The number of nitrogens with zero attached hydrogens (tertiary/aromatic N) is 3. The van der Waals surface area contributed by atoms with Gasteiger partial charge in [0.25, 0.3) is 5.91 Å². The fourth-order valence-corrected chi connectivity index (χ4v) is 5.06. The summed E-state index contributed by atoms with van der Waals surface area (Å²) in [6, 6.07) is 5.04. The minimum Gasteiger partial charge on any atom is -0.349 e. The molecular formula is C27H26ClF4N5O3. The molecular weight excluding hydrogens is 554 g/mol. The summed E-state index contributed by atoms with van der Waals surface area (Å²) < 4.78 is 53.0. The minimum absolute atomic E-state index is 0.0510. The molecule has 0 spiro atoms. The summed E-state index contributed by atoms with van der Waals surface area (Å²) in [5.74, 6) is -5.34. The average molecular weight is 580 g/mol. The lowest BCUT2D eigenvalue weighted by Crippen LogP contribution is -2.59. The molecule has 1 aliphatic rings. The molecule has 3 atom stereocenters. The highest BCUT2D eigenvalue weighted by Crippen LogP contribution is 2.32. The van der Waals surface area contributed by atoms with E-state index in [2.05, 4.69) is 15.3 Å². The van der Waals surface area contributed by atoms with Crippen molar-refractivity contribution in [2.75, 3.05) is 13.1 Å². The molecule has 13 heteroatoms. The molecule has 1 fully saturated rings. The minimum atomic E-state index is -5.18. The largest absolute Gasteiger partial charge is 0.471 e. The van der Waals surface area contributed by atoms with Gasteiger partial charge in [0.2, 0.25) is 5.91 Å². The van der Waals surface area contributed by atoms with Crippen molar-refractivity contribution >= 4 is 40.2 Å². The van der Waals surface area contributed by atoms with Gasteiger partial charge in [0.1, 0.15) is 11.9 Å². The number of hydrogen-bond donors (Lipinski definition) is 2. The normalized spacial score (nSPS) is 18.4. The molecule has 0 aliphatic carbocycles. The first-order chi connectivity index (χ1) is 18.8. The smallest absolute Gasteiger partial charge is 0.349 e. The third-order valence-corrected chi connectivity index (χ3v) is 6.99. The molecule has 212 valence electrons. The lowest BCUT2D eigenvalue weighted by atomic mass is 9.84. The van der Waals surface area contributed by atoms with Crippen LogP contribution in [0.2, 0.25) is 5.02 Å². The summed E-state index contributed by atoms with van der Waals surface area (Å²) in [5, 5.41) is 5.23. The Morgan fingerprint density at radius 2 is 1.90 bits per heavy atom. The van der Waals surface area contributed by atoms with Crippen molar-refractivity contribution in [3.8, 4) is 0 Å². The van der Waals surface area contributed by atoms with Gasteiger partial charge >= 0.3 is 12.1 Å². The van der Waals surface area contributed by atoms with Gasteiger partial charge in [-0.05, 0) is 48.2 Å². The number of amides is 3. The van der Waals surface area contributed by atoms with Crippen LogP contribution in [0.3, 0.4) is 0 Å². The molecule has 0 radical (unpaired) electrons. The number of piperidine rings is 1. The van der Waals surface area contributed by atoms with Crippen LogP contribution in [0, 0.1) is 11.7 Å². The summed E-state index contributed by atoms with van der Waals surface area (Å²) in [6.45, 7) is 3.15. The zero-order valence-electron chi connectivity index (χ0n) is 21.5. The lowest BCUT2D eigenvalue weighted by Gasteiger charge is -2.40. The van der Waals surface area contributed by atoms with Crippen LogP contribution in [-0.4, -0.2) is 63.9 Å². The molecule has 4 rings (SSSR count). The highest BCUT2D eigenvalue weighted by Gasteiger charge is 2.42. The summed E-state index contributed by atoms with van der Waals surface area (Å²) in [7, 11) is 0. The molecule has 1 saturated heterocycles. The lowest BCUT2D eigenvalue weighted by molar-refractivity contribution is -0.175. The van der Waals surface area contributed by atoms with Crippen molar-refractivity contribution in [3.63, 3.8) is 0 Å². The second-order valence-corrected chi connectivity index (χ2v) is 10.4. The van der Waals surface area contributed by atoms with E-state index in [0.717, 1.165) is 6.07 Å². The first-order valence-corrected chi connectivity index (χ1v) is 12.8. The highest BCUT2D eigenvalue weighted by molar-refractivity contribution is 6.30. The number of rotatable bonds is 6. The zero-order valence-corrected chi connectivity index (χ0v) is 22.3. The maximum Gasteiger partial charge on any atom is 0.471 e. The Morgan fingerprint density at radius 1 is 1.15 bits per heavy atom. The predicted octanol–water partition coefficient (Wildman–Crippen LogP) is 4.24. The SMILES string of the molecule is CC(C)[C@@H](NC(=O)C(F)(F)F)C(=O)N[C@@H]1CN(C(=O)c2cncc3cccnc23)CC[C@H]1c1cc(F)cc(Cl)c1. The average Bonchev–Trinajstić information content (AvgIpc) is 2.89. The number of alkyl halides is 3. The number of halogens is 5. The number of likely N-dealkylation sites (tertiary alicyclic amines) is 1. The molecule has 40 heavy (non-hydrogen) atoms. The third-order valence-electron chi connectivity index (χ3n) is 6.78. The third kappa shape index (κ3) is 6.49. The number of pyridine rings is 2. The molecule has 0 saturated carbocycles. The number of hydrogen-bond acceptors (Lipinski definition) is 5. The molecule has 0 bridgehead atoms. The van der Waals surface area contributed by atoms with Gasteiger partial charge in [0.15, 0.2) is 0 Å². The molecule has 2 N–H and O–H groups in total. The van der Waals surface area contributed by atoms with Crippen LogP contribution in [0.5, 0.6) is 0 Å². The van der Waals surface area contributed by atoms with Crippen LogP contribution < -0.4 is 10.6 Å². The van der Waals surface area contributed by atoms with E-state index in [4.69, 9.17) is 11.6 Å². The number of carbonyl (C=O) groups is 3. The molecule has 1 aliphatic heterocycles. The Balaban J connectivity index is 1.64. The van der Waals surface area contributed by atoms with E-state index in [9.17, 15) is 31.9 Å². The van der Waals surface area contributed by atoms with E-state index in [-0.39, 0.29) is 30.1 Å². The number of benzene rings is 1. The van der Waals surface area contributed by atoms with Crippen molar-refractivity contribution < 1.29 is 31.9 Å². The van der Waals surface area contributed by atoms with Crippen molar-refractivity contribution in [2.24, 2.45) is 5.92 Å². The first kappa shape index (κ1) is 29.2. The Labute approximate surface area is 232 Å². The molecule has 3 aromatic rings. The highest BCUT2D eigenvalue weighted by atomic mass is 35.5. The van der Waals surface area contributed by atoms with Gasteiger partial charge in [0, 0.05) is 48.0 Å². The number of nitrogens with one attached hydrogen (secondary N) is 2. The van der Waals surface area contributed by atoms with Crippen LogP contribution in [-0.2, 0) is 9.59 Å². The van der Waals surface area contributed by atoms with E-state index in [0.29, 0.717) is 16.5 Å². The number of aromatic nitrogens is 2. The summed E-state index contributed by atoms with van der Waals surface area (Å²) in [5.41, 5.74) is 1.14. The molecule has 3 amide bonds. The maximum absolute atomic E-state index is 14.2. The number of carbonyl (C=O) groups excluding carboxylic acids is 3. The molecule has 8 nitrogen and oxygen atoms in total. The quantitative estimate of drug-likeness (QED) is 0.425. The zero-order chi connectivity index (χ0) is 29.2. The summed E-state index contributed by atoms with van der Waals surface area (Å²) >= 11 is 6.07. The van der Waals surface area contributed by atoms with Crippen molar-refractivity contribution in [2.45, 2.75) is 44.4 Å². The number of fused-ring (bicyclic) bond motifs is 1.